The number of nitrogens with zero attached hydrogens (tertiary/aromatic N) is 2. The summed E-state index contributed by atoms with van der Waals surface area (Å²) in [5.41, 5.74) is 16.6. The lowest BCUT2D eigenvalue weighted by Gasteiger charge is -2.45. The standard InChI is InChI=1S/C61H61BN2Si/c1-42-38-56-58-57(39-42)64(53-37-35-49(41-50(53)61(8,9)10)65(46-22-14-11-15-23-46,47-24-16-12-17-25-47)48-26-18-13-19-27-48)54-29-21-20-28-51(54)62(58)52-40-44(60(5,6)7)32-36-55(52)63(56)45-33-30-43(31-34-45)59(2,3)4/h11-41H,1-10H3. The molecule has 8 aromatic carbocycles. The van der Waals surface area contributed by atoms with Crippen LogP contribution in [0.1, 0.15) is 84.6 Å². The SMILES string of the molecule is Cc1cc2c3c(c1)N(c1ccc([Si](c4ccccc4)(c4ccccc4)c4ccccc4)cc1C(C)(C)C)c1ccccc1B3c1cc(C(C)(C)C)ccc1N2c1ccc(C(C)(C)C)cc1. The van der Waals surface area contributed by atoms with Gasteiger partial charge in [0.15, 0.2) is 8.07 Å². The molecular weight excluding hydrogens is 800 g/mol. The molecule has 2 aliphatic rings. The molecule has 0 aromatic heterocycles. The van der Waals surface area contributed by atoms with Gasteiger partial charge in [0.05, 0.1) is 0 Å². The van der Waals surface area contributed by atoms with Gasteiger partial charge < -0.3 is 9.80 Å². The minimum atomic E-state index is -2.80. The van der Waals surface area contributed by atoms with Crippen LogP contribution in [0.5, 0.6) is 0 Å². The molecule has 4 heteroatoms. The Bertz CT molecular complexity index is 2950. The van der Waals surface area contributed by atoms with E-state index in [0.29, 0.717) is 0 Å². The quantitative estimate of drug-likeness (QED) is 0.121. The highest BCUT2D eigenvalue weighted by Crippen LogP contribution is 2.47. The Hall–Kier alpha value is -6.36. The summed E-state index contributed by atoms with van der Waals surface area (Å²) in [6.07, 6.45) is 0. The molecule has 2 heterocycles. The van der Waals surface area contributed by atoms with Gasteiger partial charge in [0.2, 0.25) is 0 Å². The molecule has 322 valence electrons. The van der Waals surface area contributed by atoms with Crippen LogP contribution in [-0.2, 0) is 16.2 Å². The zero-order chi connectivity index (χ0) is 45.5. The summed E-state index contributed by atoms with van der Waals surface area (Å²) in [6.45, 7) is 23.4. The van der Waals surface area contributed by atoms with Crippen molar-refractivity contribution in [2.45, 2.75) is 85.5 Å². The van der Waals surface area contributed by atoms with Crippen LogP contribution in [0.3, 0.4) is 0 Å². The van der Waals surface area contributed by atoms with E-state index in [-0.39, 0.29) is 23.0 Å². The molecule has 0 N–H and O–H groups in total. The second-order valence-corrected chi connectivity index (χ2v) is 25.3. The lowest BCUT2D eigenvalue weighted by Crippen LogP contribution is -2.74. The Morgan fingerprint density at radius 3 is 1.38 bits per heavy atom. The van der Waals surface area contributed by atoms with E-state index in [0.717, 1.165) is 0 Å². The van der Waals surface area contributed by atoms with Crippen LogP contribution >= 0.6 is 0 Å². The molecule has 0 saturated heterocycles. The first-order valence-corrected chi connectivity index (χ1v) is 25.5. The fourth-order valence-electron chi connectivity index (χ4n) is 10.8. The van der Waals surface area contributed by atoms with Crippen molar-refractivity contribution in [2.75, 3.05) is 9.80 Å². The van der Waals surface area contributed by atoms with Crippen LogP contribution in [0, 0.1) is 6.92 Å². The fraction of sp³-hybridized carbons (Fsp3) is 0.213. The largest absolute Gasteiger partial charge is 0.311 e. The Balaban J connectivity index is 1.26. The summed E-state index contributed by atoms with van der Waals surface area (Å²) < 4.78 is 0. The Labute approximate surface area is 389 Å². The third kappa shape index (κ3) is 7.09. The minimum absolute atomic E-state index is 0.00798. The maximum atomic E-state index is 2.62. The van der Waals surface area contributed by atoms with Gasteiger partial charge in [-0.2, -0.15) is 0 Å². The zero-order valence-corrected chi connectivity index (χ0v) is 40.9. The number of anilines is 6. The summed E-state index contributed by atoms with van der Waals surface area (Å²) in [4.78, 5) is 5.17. The molecule has 0 amide bonds. The molecule has 2 aliphatic heterocycles. The van der Waals surface area contributed by atoms with Crippen molar-refractivity contribution >= 4 is 86.0 Å². The minimum Gasteiger partial charge on any atom is -0.311 e. The first-order chi connectivity index (χ1) is 31.1. The van der Waals surface area contributed by atoms with Crippen molar-refractivity contribution in [1.82, 2.24) is 0 Å². The Morgan fingerprint density at radius 2 is 0.846 bits per heavy atom. The summed E-state index contributed by atoms with van der Waals surface area (Å²) in [6, 6.07) is 72.2. The van der Waals surface area contributed by atoms with Crippen molar-refractivity contribution in [3.63, 3.8) is 0 Å². The molecule has 0 aliphatic carbocycles. The van der Waals surface area contributed by atoms with E-state index < -0.39 is 8.07 Å². The molecule has 10 rings (SSSR count). The topological polar surface area (TPSA) is 6.48 Å². The predicted octanol–water partition coefficient (Wildman–Crippen LogP) is 11.3. The van der Waals surface area contributed by atoms with Gasteiger partial charge in [0, 0.05) is 34.1 Å². The average molecular weight is 861 g/mol. The van der Waals surface area contributed by atoms with E-state index >= 15 is 0 Å². The second kappa shape index (κ2) is 15.7. The number of rotatable bonds is 6. The lowest BCUT2D eigenvalue weighted by molar-refractivity contribution is 0.590. The molecule has 0 spiro atoms. The maximum absolute atomic E-state index is 2.80. The van der Waals surface area contributed by atoms with Crippen molar-refractivity contribution < 1.29 is 0 Å². The van der Waals surface area contributed by atoms with E-state index in [4.69, 9.17) is 0 Å². The van der Waals surface area contributed by atoms with Gasteiger partial charge in [0.25, 0.3) is 6.71 Å². The summed E-state index contributed by atoms with van der Waals surface area (Å²) in [7, 11) is -2.80. The summed E-state index contributed by atoms with van der Waals surface area (Å²) in [5, 5.41) is 5.53. The highest BCUT2D eigenvalue weighted by molar-refractivity contribution is 7.20. The first-order valence-electron chi connectivity index (χ1n) is 23.5. The van der Waals surface area contributed by atoms with Gasteiger partial charge in [-0.3, -0.25) is 0 Å². The number of fused-ring (bicyclic) bond motifs is 4. The number of para-hydroxylation sites is 1. The molecular formula is C61H61BN2Si. The van der Waals surface area contributed by atoms with Gasteiger partial charge in [-0.15, -0.1) is 0 Å². The maximum Gasteiger partial charge on any atom is 0.252 e. The Morgan fingerprint density at radius 1 is 0.369 bits per heavy atom. The molecule has 0 fully saturated rings. The molecule has 2 nitrogen and oxygen atoms in total. The van der Waals surface area contributed by atoms with Gasteiger partial charge in [-0.1, -0.05) is 208 Å². The third-order valence-electron chi connectivity index (χ3n) is 14.1. The Kier molecular flexibility index (Phi) is 10.3. The molecule has 0 radical (unpaired) electrons. The highest BCUT2D eigenvalue weighted by Gasteiger charge is 2.46. The van der Waals surface area contributed by atoms with Crippen LogP contribution in [-0.4, -0.2) is 14.8 Å². The summed E-state index contributed by atoms with van der Waals surface area (Å²) >= 11 is 0. The van der Waals surface area contributed by atoms with Crippen molar-refractivity contribution in [1.29, 1.82) is 0 Å². The van der Waals surface area contributed by atoms with Crippen molar-refractivity contribution in [3.05, 3.63) is 210 Å². The van der Waals surface area contributed by atoms with Crippen LogP contribution in [0.15, 0.2) is 188 Å². The predicted molar refractivity (Wildman–Crippen MR) is 285 cm³/mol. The van der Waals surface area contributed by atoms with Gasteiger partial charge in [0.1, 0.15) is 0 Å². The van der Waals surface area contributed by atoms with Gasteiger partial charge in [-0.25, -0.2) is 0 Å². The van der Waals surface area contributed by atoms with Gasteiger partial charge in [-0.05, 0) is 125 Å². The summed E-state index contributed by atoms with van der Waals surface area (Å²) in [5.74, 6) is 0. The number of benzene rings is 8. The number of hydrogen-bond donors (Lipinski definition) is 0. The molecule has 0 saturated carbocycles. The number of hydrogen-bond acceptors (Lipinski definition) is 2. The van der Waals surface area contributed by atoms with E-state index in [1.807, 2.05) is 0 Å². The smallest absolute Gasteiger partial charge is 0.252 e. The van der Waals surface area contributed by atoms with E-state index in [1.165, 1.54) is 93.5 Å². The van der Waals surface area contributed by atoms with Gasteiger partial charge >= 0.3 is 0 Å². The molecule has 8 aromatic rings. The third-order valence-corrected chi connectivity index (χ3v) is 18.9. The molecule has 0 atom stereocenters. The zero-order valence-electron chi connectivity index (χ0n) is 39.9. The molecule has 0 unspecified atom stereocenters. The van der Waals surface area contributed by atoms with Crippen LogP contribution in [0.2, 0.25) is 0 Å². The number of aryl methyl sites for hydroxylation is 1. The van der Waals surface area contributed by atoms with Crippen LogP contribution in [0.4, 0.5) is 34.1 Å². The van der Waals surface area contributed by atoms with Crippen molar-refractivity contribution in [3.8, 4) is 0 Å². The van der Waals surface area contributed by atoms with E-state index in [9.17, 15) is 0 Å². The fourth-order valence-corrected chi connectivity index (χ4v) is 15.6. The average Bonchev–Trinajstić information content (AvgIpc) is 3.29. The molecule has 65 heavy (non-hydrogen) atoms. The first kappa shape index (κ1) is 42.6. The highest BCUT2D eigenvalue weighted by atomic mass is 28.3. The van der Waals surface area contributed by atoms with Crippen molar-refractivity contribution in [2.24, 2.45) is 0 Å². The molecule has 0 bridgehead atoms. The monoisotopic (exact) mass is 860 g/mol. The lowest BCUT2D eigenvalue weighted by atomic mass is 9.33. The second-order valence-electron chi connectivity index (χ2n) is 21.5. The van der Waals surface area contributed by atoms with Crippen LogP contribution < -0.4 is 46.9 Å². The van der Waals surface area contributed by atoms with E-state index in [1.54, 1.807) is 0 Å². The normalized spacial score (nSPS) is 13.6. The van der Waals surface area contributed by atoms with E-state index in [2.05, 4.69) is 267 Å². The van der Waals surface area contributed by atoms with Crippen LogP contribution in [0.25, 0.3) is 0 Å².